The van der Waals surface area contributed by atoms with Crippen LogP contribution in [0.2, 0.25) is 0 Å². The van der Waals surface area contributed by atoms with Crippen LogP contribution in [0.15, 0.2) is 12.2 Å². The molecule has 3 rings (SSSR count). The van der Waals surface area contributed by atoms with Gasteiger partial charge in [0.25, 0.3) is 0 Å². The fraction of sp³-hybridized carbons (Fsp3) is 0.750. The highest BCUT2D eigenvalue weighted by atomic mass is 16.5. The van der Waals surface area contributed by atoms with Crippen LogP contribution in [0.5, 0.6) is 0 Å². The summed E-state index contributed by atoms with van der Waals surface area (Å²) in [6, 6.07) is 0. The average molecular weight is 278 g/mol. The first-order chi connectivity index (χ1) is 9.51. The summed E-state index contributed by atoms with van der Waals surface area (Å²) >= 11 is 0. The molecule has 4 nitrogen and oxygen atoms in total. The number of hydrogen-bond donors (Lipinski definition) is 0. The molecular weight excluding hydrogens is 256 g/mol. The van der Waals surface area contributed by atoms with Crippen molar-refractivity contribution in [3.05, 3.63) is 12.2 Å². The second-order valence-electron chi connectivity index (χ2n) is 6.62. The van der Waals surface area contributed by atoms with Crippen molar-refractivity contribution in [1.82, 2.24) is 0 Å². The predicted octanol–water partition coefficient (Wildman–Crippen LogP) is 2.33. The van der Waals surface area contributed by atoms with Gasteiger partial charge in [0.2, 0.25) is 0 Å². The van der Waals surface area contributed by atoms with E-state index in [2.05, 4.69) is 19.1 Å². The van der Waals surface area contributed by atoms with Crippen LogP contribution in [-0.4, -0.2) is 25.2 Å². The highest BCUT2D eigenvalue weighted by Gasteiger charge is 2.57. The summed E-state index contributed by atoms with van der Waals surface area (Å²) in [6.45, 7) is 4.57. The minimum atomic E-state index is -0.341. The SMILES string of the molecule is CC(=O)OCC1CCC2C(C=CC3COC(=O)C32C)C1. The molecule has 0 N–H and O–H groups in total. The third kappa shape index (κ3) is 2.05. The van der Waals surface area contributed by atoms with E-state index in [1.807, 2.05) is 0 Å². The van der Waals surface area contributed by atoms with E-state index in [0.717, 1.165) is 19.3 Å². The van der Waals surface area contributed by atoms with Crippen molar-refractivity contribution in [3.8, 4) is 0 Å². The molecule has 4 heteroatoms. The normalized spacial score (nSPS) is 42.6. The molecule has 0 aromatic rings. The zero-order chi connectivity index (χ0) is 14.3. The van der Waals surface area contributed by atoms with Crippen LogP contribution in [-0.2, 0) is 19.1 Å². The second-order valence-corrected chi connectivity index (χ2v) is 6.62. The summed E-state index contributed by atoms with van der Waals surface area (Å²) in [5, 5.41) is 0. The topological polar surface area (TPSA) is 52.6 Å². The van der Waals surface area contributed by atoms with Crippen molar-refractivity contribution >= 4 is 11.9 Å². The summed E-state index contributed by atoms with van der Waals surface area (Å²) in [5.74, 6) is 1.21. The number of ether oxygens (including phenoxy) is 2. The van der Waals surface area contributed by atoms with Crippen molar-refractivity contribution in [2.75, 3.05) is 13.2 Å². The van der Waals surface area contributed by atoms with Gasteiger partial charge in [-0.1, -0.05) is 12.2 Å². The molecule has 20 heavy (non-hydrogen) atoms. The van der Waals surface area contributed by atoms with Gasteiger partial charge in [0.05, 0.1) is 18.6 Å². The summed E-state index contributed by atoms with van der Waals surface area (Å²) < 4.78 is 10.4. The van der Waals surface area contributed by atoms with Gasteiger partial charge in [-0.2, -0.15) is 0 Å². The first-order valence-corrected chi connectivity index (χ1v) is 7.50. The van der Waals surface area contributed by atoms with Gasteiger partial charge in [-0.25, -0.2) is 0 Å². The van der Waals surface area contributed by atoms with Crippen LogP contribution in [0.1, 0.15) is 33.1 Å². The summed E-state index contributed by atoms with van der Waals surface area (Å²) in [5.41, 5.74) is -0.341. The van der Waals surface area contributed by atoms with Crippen LogP contribution in [0.3, 0.4) is 0 Å². The Morgan fingerprint density at radius 2 is 2.25 bits per heavy atom. The molecule has 110 valence electrons. The molecular formula is C16H22O4. The maximum absolute atomic E-state index is 12.2. The number of esters is 2. The standard InChI is InChI=1S/C16H22O4/c1-10(17)19-8-11-3-6-14-12(7-11)4-5-13-9-20-15(18)16(13,14)2/h4-5,11-14H,3,6-9H2,1-2H3. The lowest BCUT2D eigenvalue weighted by Crippen LogP contribution is -2.46. The number of carbonyl (C=O) groups is 2. The Morgan fingerprint density at radius 3 is 3.00 bits per heavy atom. The van der Waals surface area contributed by atoms with Gasteiger partial charge in [-0.15, -0.1) is 0 Å². The molecule has 0 radical (unpaired) electrons. The third-order valence-electron chi connectivity index (χ3n) is 5.50. The quantitative estimate of drug-likeness (QED) is 0.574. The van der Waals surface area contributed by atoms with Gasteiger partial charge >= 0.3 is 11.9 Å². The van der Waals surface area contributed by atoms with Gasteiger partial charge in [0.15, 0.2) is 0 Å². The maximum atomic E-state index is 12.2. The first kappa shape index (κ1) is 13.7. The summed E-state index contributed by atoms with van der Waals surface area (Å²) in [4.78, 5) is 23.1. The highest BCUT2D eigenvalue weighted by Crippen LogP contribution is 2.54. The Bertz CT molecular complexity index is 455. The lowest BCUT2D eigenvalue weighted by Gasteiger charge is -2.46. The second kappa shape index (κ2) is 4.90. The van der Waals surface area contributed by atoms with Gasteiger partial charge in [-0.3, -0.25) is 9.59 Å². The Morgan fingerprint density at radius 1 is 1.45 bits per heavy atom. The first-order valence-electron chi connectivity index (χ1n) is 7.50. The molecule has 0 amide bonds. The molecule has 2 aliphatic carbocycles. The van der Waals surface area contributed by atoms with E-state index in [1.165, 1.54) is 6.92 Å². The lowest BCUT2D eigenvalue weighted by atomic mass is 9.56. The van der Waals surface area contributed by atoms with Crippen LogP contribution < -0.4 is 0 Å². The maximum Gasteiger partial charge on any atom is 0.312 e. The Labute approximate surface area is 119 Å². The zero-order valence-electron chi connectivity index (χ0n) is 12.1. The molecule has 5 atom stereocenters. The van der Waals surface area contributed by atoms with Crippen LogP contribution in [0.25, 0.3) is 0 Å². The molecule has 1 aliphatic heterocycles. The van der Waals surface area contributed by atoms with E-state index >= 15 is 0 Å². The van der Waals surface area contributed by atoms with E-state index < -0.39 is 0 Å². The number of carbonyl (C=O) groups excluding carboxylic acids is 2. The van der Waals surface area contributed by atoms with Crippen molar-refractivity contribution in [2.45, 2.75) is 33.1 Å². The molecule has 1 saturated carbocycles. The van der Waals surface area contributed by atoms with Crippen molar-refractivity contribution in [1.29, 1.82) is 0 Å². The highest BCUT2D eigenvalue weighted by molar-refractivity contribution is 5.80. The van der Waals surface area contributed by atoms with Crippen LogP contribution in [0, 0.1) is 29.1 Å². The molecule has 3 aliphatic rings. The van der Waals surface area contributed by atoms with Gasteiger partial charge in [-0.05, 0) is 43.9 Å². The minimum Gasteiger partial charge on any atom is -0.466 e. The van der Waals surface area contributed by atoms with Crippen molar-refractivity contribution in [3.63, 3.8) is 0 Å². The van der Waals surface area contributed by atoms with E-state index in [9.17, 15) is 9.59 Å². The van der Waals surface area contributed by atoms with E-state index in [1.54, 1.807) is 0 Å². The Balaban J connectivity index is 1.72. The molecule has 2 fully saturated rings. The number of allylic oxidation sites excluding steroid dienone is 1. The van der Waals surface area contributed by atoms with Crippen LogP contribution >= 0.6 is 0 Å². The molecule has 5 unspecified atom stereocenters. The zero-order valence-corrected chi connectivity index (χ0v) is 12.1. The fourth-order valence-corrected chi connectivity index (χ4v) is 4.24. The van der Waals surface area contributed by atoms with Crippen LogP contribution in [0.4, 0.5) is 0 Å². The number of rotatable bonds is 2. The average Bonchev–Trinajstić information content (AvgIpc) is 2.73. The molecule has 0 spiro atoms. The smallest absolute Gasteiger partial charge is 0.312 e. The van der Waals surface area contributed by atoms with Crippen molar-refractivity contribution < 1.29 is 19.1 Å². The van der Waals surface area contributed by atoms with E-state index in [0.29, 0.717) is 31.0 Å². The van der Waals surface area contributed by atoms with Crippen molar-refractivity contribution in [2.24, 2.45) is 29.1 Å². The third-order valence-corrected chi connectivity index (χ3v) is 5.50. The minimum absolute atomic E-state index is 0.0275. The number of hydrogen-bond acceptors (Lipinski definition) is 4. The Kier molecular flexibility index (Phi) is 3.35. The molecule has 0 aromatic heterocycles. The molecule has 1 heterocycles. The largest absolute Gasteiger partial charge is 0.466 e. The van der Waals surface area contributed by atoms with Gasteiger partial charge in [0.1, 0.15) is 0 Å². The van der Waals surface area contributed by atoms with Gasteiger partial charge < -0.3 is 9.47 Å². The molecule has 1 saturated heterocycles. The lowest BCUT2D eigenvalue weighted by molar-refractivity contribution is -0.150. The predicted molar refractivity (Wildman–Crippen MR) is 72.7 cm³/mol. The fourth-order valence-electron chi connectivity index (χ4n) is 4.24. The number of cyclic esters (lactones) is 1. The van der Waals surface area contributed by atoms with E-state index in [4.69, 9.17) is 9.47 Å². The monoisotopic (exact) mass is 278 g/mol. The molecule has 0 bridgehead atoms. The number of fused-ring (bicyclic) bond motifs is 3. The summed E-state index contributed by atoms with van der Waals surface area (Å²) in [7, 11) is 0. The Hall–Kier alpha value is -1.32. The van der Waals surface area contributed by atoms with Gasteiger partial charge in [0, 0.05) is 12.8 Å². The summed E-state index contributed by atoms with van der Waals surface area (Å²) in [6.07, 6.45) is 7.48. The van der Waals surface area contributed by atoms with E-state index in [-0.39, 0.29) is 23.3 Å². The molecule has 0 aromatic carbocycles.